The van der Waals surface area contributed by atoms with Gasteiger partial charge in [-0.05, 0) is 44.7 Å². The summed E-state index contributed by atoms with van der Waals surface area (Å²) in [6.07, 6.45) is 5.60. The lowest BCUT2D eigenvalue weighted by Gasteiger charge is -2.36. The molecule has 2 aliphatic rings. The van der Waals surface area contributed by atoms with E-state index in [9.17, 15) is 8.42 Å². The van der Waals surface area contributed by atoms with Gasteiger partial charge in [0.15, 0.2) is 0 Å². The van der Waals surface area contributed by atoms with Gasteiger partial charge in [0.2, 0.25) is 10.0 Å². The fourth-order valence-corrected chi connectivity index (χ4v) is 3.92. The van der Waals surface area contributed by atoms with Gasteiger partial charge >= 0.3 is 0 Å². The van der Waals surface area contributed by atoms with Gasteiger partial charge in [0.1, 0.15) is 0 Å². The topological polar surface area (TPSA) is 66.6 Å². The smallest absolute Gasteiger partial charge is 0.211 e. The van der Waals surface area contributed by atoms with E-state index in [0.717, 1.165) is 45.3 Å². The van der Waals surface area contributed by atoms with Crippen LogP contribution >= 0.6 is 12.4 Å². The van der Waals surface area contributed by atoms with Crippen LogP contribution in [0.3, 0.4) is 0 Å². The summed E-state index contributed by atoms with van der Waals surface area (Å²) in [7, 11) is -3.01. The molecule has 0 radical (unpaired) electrons. The first-order chi connectivity index (χ1) is 8.45. The molecule has 1 atom stereocenters. The molecular weight excluding hydrogens is 286 g/mol. The number of nitrogens with zero attached hydrogens (tertiary/aromatic N) is 2. The fourth-order valence-electron chi connectivity index (χ4n) is 2.98. The van der Waals surface area contributed by atoms with Crippen molar-refractivity contribution in [1.82, 2.24) is 9.21 Å². The molecule has 0 spiro atoms. The summed E-state index contributed by atoms with van der Waals surface area (Å²) in [5.41, 5.74) is 5.90. The van der Waals surface area contributed by atoms with Crippen LogP contribution in [0.1, 0.15) is 25.7 Å². The number of halogens is 1. The first-order valence-corrected chi connectivity index (χ1v) is 8.73. The van der Waals surface area contributed by atoms with Crippen LogP contribution in [-0.2, 0) is 10.0 Å². The Morgan fingerprint density at radius 2 is 1.79 bits per heavy atom. The van der Waals surface area contributed by atoms with Gasteiger partial charge in [-0.15, -0.1) is 12.4 Å². The van der Waals surface area contributed by atoms with E-state index in [1.54, 1.807) is 4.31 Å². The Morgan fingerprint density at radius 3 is 2.37 bits per heavy atom. The highest BCUT2D eigenvalue weighted by atomic mass is 35.5. The standard InChI is InChI=1S/C12H25N3O2S.ClH/c1-18(16,17)15-6-2-3-11(10-15)9-14-7-4-12(13)5-8-14;/h11-12H,2-10,13H2,1H3;1H. The number of rotatable bonds is 3. The van der Waals surface area contributed by atoms with Crippen molar-refractivity contribution in [3.8, 4) is 0 Å². The molecule has 0 aliphatic carbocycles. The van der Waals surface area contributed by atoms with Gasteiger partial charge < -0.3 is 10.6 Å². The lowest BCUT2D eigenvalue weighted by Crippen LogP contribution is -2.46. The van der Waals surface area contributed by atoms with E-state index < -0.39 is 10.0 Å². The highest BCUT2D eigenvalue weighted by Gasteiger charge is 2.27. The Morgan fingerprint density at radius 1 is 1.16 bits per heavy atom. The van der Waals surface area contributed by atoms with Crippen molar-refractivity contribution < 1.29 is 8.42 Å². The Kier molecular flexibility index (Phi) is 6.53. The summed E-state index contributed by atoms with van der Waals surface area (Å²) in [5.74, 6) is 0.489. The summed E-state index contributed by atoms with van der Waals surface area (Å²) in [4.78, 5) is 2.44. The van der Waals surface area contributed by atoms with E-state index in [0.29, 0.717) is 25.0 Å². The molecule has 0 aromatic heterocycles. The second-order valence-corrected chi connectivity index (χ2v) is 7.75. The van der Waals surface area contributed by atoms with Crippen molar-refractivity contribution in [2.45, 2.75) is 31.7 Å². The van der Waals surface area contributed by atoms with Crippen LogP contribution in [0.25, 0.3) is 0 Å². The number of hydrogen-bond donors (Lipinski definition) is 1. The van der Waals surface area contributed by atoms with E-state index >= 15 is 0 Å². The minimum Gasteiger partial charge on any atom is -0.328 e. The van der Waals surface area contributed by atoms with Crippen LogP contribution in [0.15, 0.2) is 0 Å². The molecule has 0 aromatic rings. The molecule has 0 aromatic carbocycles. The number of sulfonamides is 1. The van der Waals surface area contributed by atoms with Crippen molar-refractivity contribution in [2.24, 2.45) is 11.7 Å². The Balaban J connectivity index is 0.00000180. The second-order valence-electron chi connectivity index (χ2n) is 5.77. The summed E-state index contributed by atoms with van der Waals surface area (Å²) >= 11 is 0. The summed E-state index contributed by atoms with van der Waals surface area (Å²) in [6, 6.07) is 0.361. The maximum atomic E-state index is 11.6. The predicted octanol–water partition coefficient (Wildman–Crippen LogP) is 0.503. The molecule has 19 heavy (non-hydrogen) atoms. The Labute approximate surface area is 123 Å². The van der Waals surface area contributed by atoms with Gasteiger partial charge in [-0.2, -0.15) is 0 Å². The summed E-state index contributed by atoms with van der Waals surface area (Å²) in [5, 5.41) is 0. The largest absolute Gasteiger partial charge is 0.328 e. The molecule has 0 saturated carbocycles. The Hall–Kier alpha value is 0.120. The van der Waals surface area contributed by atoms with Gasteiger partial charge in [-0.3, -0.25) is 0 Å². The lowest BCUT2D eigenvalue weighted by molar-refractivity contribution is 0.151. The van der Waals surface area contributed by atoms with Gasteiger partial charge in [-0.25, -0.2) is 12.7 Å². The van der Waals surface area contributed by atoms with Crippen LogP contribution in [0.4, 0.5) is 0 Å². The molecule has 1 unspecified atom stereocenters. The molecule has 2 rings (SSSR count). The van der Waals surface area contributed by atoms with Gasteiger partial charge in [0.25, 0.3) is 0 Å². The zero-order valence-corrected chi connectivity index (χ0v) is 13.3. The average molecular weight is 312 g/mol. The number of hydrogen-bond acceptors (Lipinski definition) is 4. The third-order valence-corrected chi connectivity index (χ3v) is 5.37. The lowest BCUT2D eigenvalue weighted by atomic mass is 9.97. The average Bonchev–Trinajstić information content (AvgIpc) is 2.31. The third kappa shape index (κ3) is 5.19. The third-order valence-electron chi connectivity index (χ3n) is 4.10. The number of nitrogens with two attached hydrogens (primary N) is 1. The molecule has 2 N–H and O–H groups in total. The molecule has 7 heteroatoms. The van der Waals surface area contributed by atoms with E-state index in [1.807, 2.05) is 0 Å². The number of piperidine rings is 2. The molecule has 0 bridgehead atoms. The normalized spacial score (nSPS) is 28.0. The first-order valence-electron chi connectivity index (χ1n) is 6.88. The molecule has 2 aliphatic heterocycles. The van der Waals surface area contributed by atoms with E-state index in [1.165, 1.54) is 6.26 Å². The predicted molar refractivity (Wildman–Crippen MR) is 80.0 cm³/mol. The number of likely N-dealkylation sites (tertiary alicyclic amines) is 1. The van der Waals surface area contributed by atoms with Gasteiger partial charge in [0.05, 0.1) is 6.26 Å². The van der Waals surface area contributed by atoms with Crippen molar-refractivity contribution >= 4 is 22.4 Å². The molecule has 114 valence electrons. The first kappa shape index (κ1) is 17.2. The molecule has 0 amide bonds. The Bertz CT molecular complexity index is 369. The van der Waals surface area contributed by atoms with Gasteiger partial charge in [0, 0.05) is 25.7 Å². The van der Waals surface area contributed by atoms with Crippen LogP contribution < -0.4 is 5.73 Å². The van der Waals surface area contributed by atoms with Crippen LogP contribution in [0, 0.1) is 5.92 Å². The zero-order chi connectivity index (χ0) is 13.2. The summed E-state index contributed by atoms with van der Waals surface area (Å²) < 4.78 is 24.8. The molecule has 2 fully saturated rings. The SMILES string of the molecule is CS(=O)(=O)N1CCCC(CN2CCC(N)CC2)C1.Cl. The minimum atomic E-state index is -3.01. The van der Waals surface area contributed by atoms with E-state index in [2.05, 4.69) is 4.90 Å². The molecular formula is C12H26ClN3O2S. The van der Waals surface area contributed by atoms with E-state index in [4.69, 9.17) is 5.73 Å². The van der Waals surface area contributed by atoms with Gasteiger partial charge in [-0.1, -0.05) is 0 Å². The monoisotopic (exact) mass is 311 g/mol. The van der Waals surface area contributed by atoms with Crippen LogP contribution in [0.2, 0.25) is 0 Å². The second kappa shape index (κ2) is 7.22. The van der Waals surface area contributed by atoms with Crippen molar-refractivity contribution in [2.75, 3.05) is 39.0 Å². The maximum Gasteiger partial charge on any atom is 0.211 e. The van der Waals surface area contributed by atoms with Crippen LogP contribution in [-0.4, -0.2) is 62.6 Å². The van der Waals surface area contributed by atoms with E-state index in [-0.39, 0.29) is 12.4 Å². The summed E-state index contributed by atoms with van der Waals surface area (Å²) in [6.45, 7) is 4.55. The quantitative estimate of drug-likeness (QED) is 0.824. The molecule has 2 saturated heterocycles. The highest BCUT2D eigenvalue weighted by Crippen LogP contribution is 2.21. The van der Waals surface area contributed by atoms with Crippen molar-refractivity contribution in [3.05, 3.63) is 0 Å². The van der Waals surface area contributed by atoms with Crippen molar-refractivity contribution in [3.63, 3.8) is 0 Å². The highest BCUT2D eigenvalue weighted by molar-refractivity contribution is 7.88. The van der Waals surface area contributed by atoms with Crippen molar-refractivity contribution in [1.29, 1.82) is 0 Å². The molecule has 2 heterocycles. The molecule has 5 nitrogen and oxygen atoms in total. The zero-order valence-electron chi connectivity index (χ0n) is 11.6. The van der Waals surface area contributed by atoms with Crippen LogP contribution in [0.5, 0.6) is 0 Å². The maximum absolute atomic E-state index is 11.6. The fraction of sp³-hybridized carbons (Fsp3) is 1.00. The minimum absolute atomic E-state index is 0.